The van der Waals surface area contributed by atoms with Crippen molar-refractivity contribution in [3.63, 3.8) is 0 Å². The zero-order chi connectivity index (χ0) is 10.7. The van der Waals surface area contributed by atoms with Gasteiger partial charge in [0.25, 0.3) is 0 Å². The maximum absolute atomic E-state index is 10.7. The molecule has 0 heterocycles. The summed E-state index contributed by atoms with van der Waals surface area (Å²) in [4.78, 5) is 10.7. The van der Waals surface area contributed by atoms with E-state index in [1.807, 2.05) is 43.2 Å². The van der Waals surface area contributed by atoms with Gasteiger partial charge < -0.3 is 0 Å². The molecule has 0 saturated heterocycles. The summed E-state index contributed by atoms with van der Waals surface area (Å²) in [6, 6.07) is 10.1. The Balaban J connectivity index is 0.00000128. The quantitative estimate of drug-likeness (QED) is 0.677. The summed E-state index contributed by atoms with van der Waals surface area (Å²) in [5.41, 5.74) is 3.06. The fourth-order valence-electron chi connectivity index (χ4n) is 1.81. The lowest BCUT2D eigenvalue weighted by atomic mass is 9.85. The van der Waals surface area contributed by atoms with Crippen molar-refractivity contribution in [2.24, 2.45) is 5.92 Å². The van der Waals surface area contributed by atoms with Gasteiger partial charge in [0.2, 0.25) is 0 Å². The molecule has 0 aliphatic heterocycles. The third kappa shape index (κ3) is 2.35. The van der Waals surface area contributed by atoms with Crippen molar-refractivity contribution in [3.05, 3.63) is 59.7 Å². The van der Waals surface area contributed by atoms with Gasteiger partial charge in [-0.2, -0.15) is 13.5 Å². The van der Waals surface area contributed by atoms with Crippen LogP contribution in [0.3, 0.4) is 0 Å². The van der Waals surface area contributed by atoms with Crippen LogP contribution in [0.1, 0.15) is 12.5 Å². The first-order valence-electron chi connectivity index (χ1n) is 5.01. The van der Waals surface area contributed by atoms with Crippen molar-refractivity contribution >= 4 is 25.0 Å². The molecule has 0 radical (unpaired) electrons. The first kappa shape index (κ1) is 12.6. The smallest absolute Gasteiger partial charge is 0.128 e. The van der Waals surface area contributed by atoms with E-state index in [2.05, 4.69) is 18.2 Å². The van der Waals surface area contributed by atoms with Crippen LogP contribution >= 0.6 is 13.5 Å². The molecule has 0 aromatic heterocycles. The minimum atomic E-state index is 0. The first-order chi connectivity index (χ1) is 7.33. The molecule has 0 saturated carbocycles. The highest BCUT2D eigenvalue weighted by Crippen LogP contribution is 2.31. The molecular formula is C14H14OS. The molecule has 1 aromatic carbocycles. The average Bonchev–Trinajstić information content (AvgIpc) is 2.30. The van der Waals surface area contributed by atoms with Crippen LogP contribution in [0.15, 0.2) is 54.1 Å². The van der Waals surface area contributed by atoms with Crippen molar-refractivity contribution in [3.8, 4) is 0 Å². The van der Waals surface area contributed by atoms with Crippen molar-refractivity contribution in [1.29, 1.82) is 0 Å². The summed E-state index contributed by atoms with van der Waals surface area (Å²) in [6.07, 6.45) is 5.79. The Kier molecular flexibility index (Phi) is 4.36. The van der Waals surface area contributed by atoms with Gasteiger partial charge in [0.1, 0.15) is 5.94 Å². The van der Waals surface area contributed by atoms with Gasteiger partial charge in [-0.05, 0) is 17.2 Å². The number of hydrogen-bond acceptors (Lipinski definition) is 1. The number of benzene rings is 1. The van der Waals surface area contributed by atoms with Crippen LogP contribution in [0.25, 0.3) is 5.57 Å². The van der Waals surface area contributed by atoms with Crippen molar-refractivity contribution < 1.29 is 4.79 Å². The third-order valence-electron chi connectivity index (χ3n) is 2.71. The minimum Gasteiger partial charge on any atom is -0.233 e. The molecule has 1 nitrogen and oxygen atoms in total. The summed E-state index contributed by atoms with van der Waals surface area (Å²) >= 11 is 0. The summed E-state index contributed by atoms with van der Waals surface area (Å²) in [5, 5.41) is 0. The highest BCUT2D eigenvalue weighted by molar-refractivity contribution is 7.59. The Morgan fingerprint density at radius 1 is 1.19 bits per heavy atom. The third-order valence-corrected chi connectivity index (χ3v) is 2.71. The fraction of sp³-hybridized carbons (Fsp3) is 0.143. The summed E-state index contributed by atoms with van der Waals surface area (Å²) in [6.45, 7) is 2.03. The van der Waals surface area contributed by atoms with Crippen LogP contribution in [0, 0.1) is 5.92 Å². The Labute approximate surface area is 103 Å². The van der Waals surface area contributed by atoms with Crippen molar-refractivity contribution in [2.75, 3.05) is 0 Å². The molecule has 1 unspecified atom stereocenters. The zero-order valence-electron chi connectivity index (χ0n) is 9.10. The lowest BCUT2D eigenvalue weighted by molar-refractivity contribution is 0.565. The van der Waals surface area contributed by atoms with E-state index in [0.29, 0.717) is 0 Å². The molecule has 1 atom stereocenters. The van der Waals surface area contributed by atoms with Gasteiger partial charge in [-0.15, -0.1) is 0 Å². The van der Waals surface area contributed by atoms with Gasteiger partial charge in [-0.25, -0.2) is 4.79 Å². The Bertz CT molecular complexity index is 465. The van der Waals surface area contributed by atoms with E-state index < -0.39 is 0 Å². The summed E-state index contributed by atoms with van der Waals surface area (Å²) in [5.74, 6) is 2.13. The zero-order valence-corrected chi connectivity index (χ0v) is 10.1. The molecule has 1 aliphatic rings. The van der Waals surface area contributed by atoms with Gasteiger partial charge in [0, 0.05) is 11.5 Å². The van der Waals surface area contributed by atoms with E-state index in [1.54, 1.807) is 0 Å². The topological polar surface area (TPSA) is 17.1 Å². The van der Waals surface area contributed by atoms with Gasteiger partial charge >= 0.3 is 0 Å². The highest BCUT2D eigenvalue weighted by Gasteiger charge is 2.16. The summed E-state index contributed by atoms with van der Waals surface area (Å²) in [7, 11) is 0. The van der Waals surface area contributed by atoms with Crippen LogP contribution in [-0.4, -0.2) is 5.94 Å². The first-order valence-corrected chi connectivity index (χ1v) is 5.01. The fourth-order valence-corrected chi connectivity index (χ4v) is 1.81. The van der Waals surface area contributed by atoms with Crippen molar-refractivity contribution in [2.45, 2.75) is 6.92 Å². The molecule has 1 aliphatic carbocycles. The number of allylic oxidation sites excluding steroid dienone is 5. The van der Waals surface area contributed by atoms with Crippen LogP contribution < -0.4 is 0 Å². The van der Waals surface area contributed by atoms with E-state index in [0.717, 1.165) is 5.57 Å². The van der Waals surface area contributed by atoms with Gasteiger partial charge in [-0.1, -0.05) is 49.4 Å². The molecule has 2 heteroatoms. The van der Waals surface area contributed by atoms with Gasteiger partial charge in [0.05, 0.1) is 0 Å². The lowest BCUT2D eigenvalue weighted by Gasteiger charge is -2.18. The second-order valence-electron chi connectivity index (χ2n) is 3.63. The van der Waals surface area contributed by atoms with Crippen LogP contribution in [-0.2, 0) is 4.79 Å². The largest absolute Gasteiger partial charge is 0.233 e. The van der Waals surface area contributed by atoms with Crippen LogP contribution in [0.5, 0.6) is 0 Å². The molecular weight excluding hydrogens is 216 g/mol. The highest BCUT2D eigenvalue weighted by atomic mass is 32.1. The molecule has 82 valence electrons. The number of hydrogen-bond donors (Lipinski definition) is 0. The van der Waals surface area contributed by atoms with E-state index in [-0.39, 0.29) is 19.4 Å². The molecule has 0 spiro atoms. The molecule has 0 fully saturated rings. The Morgan fingerprint density at radius 3 is 2.50 bits per heavy atom. The molecule has 0 amide bonds. The summed E-state index contributed by atoms with van der Waals surface area (Å²) < 4.78 is 0. The number of carbonyl (C=O) groups excluding carboxylic acids is 1. The van der Waals surface area contributed by atoms with Crippen molar-refractivity contribution in [1.82, 2.24) is 0 Å². The minimum absolute atomic E-state index is 0. The maximum atomic E-state index is 10.7. The second-order valence-corrected chi connectivity index (χ2v) is 3.63. The standard InChI is InChI=1S/C14H12O.H2S/c1-11-13(10-15)8-5-9-14(11)12-6-3-2-4-7-12;/h2-9,11H,1H3;1H2. The molecule has 2 rings (SSSR count). The molecule has 16 heavy (non-hydrogen) atoms. The van der Waals surface area contributed by atoms with E-state index in [9.17, 15) is 4.79 Å². The predicted molar refractivity (Wildman–Crippen MR) is 72.3 cm³/mol. The average molecular weight is 230 g/mol. The monoisotopic (exact) mass is 230 g/mol. The van der Waals surface area contributed by atoms with E-state index >= 15 is 0 Å². The van der Waals surface area contributed by atoms with E-state index in [1.165, 1.54) is 11.1 Å². The molecule has 0 N–H and O–H groups in total. The lowest BCUT2D eigenvalue weighted by Crippen LogP contribution is -2.04. The molecule has 0 bridgehead atoms. The second kappa shape index (κ2) is 5.55. The normalized spacial score (nSPS) is 18.4. The predicted octanol–water partition coefficient (Wildman–Crippen LogP) is 3.15. The Hall–Kier alpha value is -1.50. The van der Waals surface area contributed by atoms with Crippen LogP contribution in [0.2, 0.25) is 0 Å². The Morgan fingerprint density at radius 2 is 1.88 bits per heavy atom. The van der Waals surface area contributed by atoms with E-state index in [4.69, 9.17) is 0 Å². The maximum Gasteiger partial charge on any atom is 0.128 e. The van der Waals surface area contributed by atoms with Gasteiger partial charge in [-0.3, -0.25) is 0 Å². The number of rotatable bonds is 1. The SMILES string of the molecule is CC1C(=C=O)C=CC=C1c1ccccc1.S. The van der Waals surface area contributed by atoms with Crippen LogP contribution in [0.4, 0.5) is 0 Å². The molecule has 1 aromatic rings. The van der Waals surface area contributed by atoms with Gasteiger partial charge in [0.15, 0.2) is 0 Å².